The van der Waals surface area contributed by atoms with Crippen molar-refractivity contribution in [3.63, 3.8) is 0 Å². The first kappa shape index (κ1) is 17.7. The van der Waals surface area contributed by atoms with Gasteiger partial charge < -0.3 is 10.1 Å². The molecule has 23 heavy (non-hydrogen) atoms. The van der Waals surface area contributed by atoms with E-state index in [2.05, 4.69) is 10.3 Å². The van der Waals surface area contributed by atoms with E-state index in [4.69, 9.17) is 4.74 Å². The van der Waals surface area contributed by atoms with Gasteiger partial charge in [-0.05, 0) is 25.8 Å². The lowest BCUT2D eigenvalue weighted by Gasteiger charge is -2.32. The van der Waals surface area contributed by atoms with E-state index in [9.17, 15) is 13.2 Å². The third kappa shape index (κ3) is 4.65. The molecule has 0 bridgehead atoms. The lowest BCUT2D eigenvalue weighted by Crippen LogP contribution is -2.51. The SMILES string of the molecule is CCOc1ncccc1CNC(=O)[C@@H]1CCCCN1S(C)(=O)=O. The lowest BCUT2D eigenvalue weighted by atomic mass is 10.0. The van der Waals surface area contributed by atoms with Crippen LogP contribution < -0.4 is 10.1 Å². The standard InChI is InChI=1S/C15H23N3O4S/c1-3-22-15-12(7-6-9-16-15)11-17-14(19)13-8-4-5-10-18(13)23(2,20)21/h6-7,9,13H,3-5,8,10-11H2,1-2H3,(H,17,19)/t13-/m0/s1. The molecule has 0 aliphatic carbocycles. The highest BCUT2D eigenvalue weighted by Gasteiger charge is 2.34. The van der Waals surface area contributed by atoms with Crippen molar-refractivity contribution in [3.05, 3.63) is 23.9 Å². The van der Waals surface area contributed by atoms with Crippen LogP contribution in [-0.4, -0.2) is 49.1 Å². The molecule has 8 heteroatoms. The van der Waals surface area contributed by atoms with Gasteiger partial charge in [-0.1, -0.05) is 12.5 Å². The van der Waals surface area contributed by atoms with Crippen LogP contribution >= 0.6 is 0 Å². The second-order valence-electron chi connectivity index (χ2n) is 5.50. The quantitative estimate of drug-likeness (QED) is 0.831. The fourth-order valence-corrected chi connectivity index (χ4v) is 3.81. The van der Waals surface area contributed by atoms with Crippen molar-refractivity contribution in [1.82, 2.24) is 14.6 Å². The summed E-state index contributed by atoms with van der Waals surface area (Å²) < 4.78 is 30.4. The molecule has 128 valence electrons. The minimum atomic E-state index is -3.38. The first-order valence-corrected chi connectivity index (χ1v) is 9.59. The van der Waals surface area contributed by atoms with Crippen LogP contribution in [0.5, 0.6) is 5.88 Å². The number of nitrogens with one attached hydrogen (secondary N) is 1. The Kier molecular flexibility index (Phi) is 5.95. The summed E-state index contributed by atoms with van der Waals surface area (Å²) in [6.45, 7) is 3.01. The molecule has 1 saturated heterocycles. The fourth-order valence-electron chi connectivity index (χ4n) is 2.69. The highest BCUT2D eigenvalue weighted by Crippen LogP contribution is 2.20. The summed E-state index contributed by atoms with van der Waals surface area (Å²) >= 11 is 0. The number of hydrogen-bond acceptors (Lipinski definition) is 5. The Hall–Kier alpha value is -1.67. The molecule has 1 N–H and O–H groups in total. The molecule has 1 aromatic rings. The van der Waals surface area contributed by atoms with Crippen LogP contribution in [-0.2, 0) is 21.4 Å². The predicted molar refractivity (Wildman–Crippen MR) is 86.4 cm³/mol. The first-order valence-electron chi connectivity index (χ1n) is 7.74. The fraction of sp³-hybridized carbons (Fsp3) is 0.600. The zero-order valence-corrected chi connectivity index (χ0v) is 14.3. The van der Waals surface area contributed by atoms with Gasteiger partial charge >= 0.3 is 0 Å². The maximum atomic E-state index is 12.4. The van der Waals surface area contributed by atoms with Gasteiger partial charge in [0.05, 0.1) is 12.9 Å². The van der Waals surface area contributed by atoms with Crippen LogP contribution in [0, 0.1) is 0 Å². The number of carbonyl (C=O) groups excluding carboxylic acids is 1. The van der Waals surface area contributed by atoms with E-state index < -0.39 is 16.1 Å². The molecule has 1 aliphatic rings. The molecule has 1 amide bonds. The summed E-state index contributed by atoms with van der Waals surface area (Å²) in [7, 11) is -3.38. The van der Waals surface area contributed by atoms with Crippen LogP contribution in [0.25, 0.3) is 0 Å². The van der Waals surface area contributed by atoms with Gasteiger partial charge in [0.2, 0.25) is 21.8 Å². The Labute approximate surface area is 137 Å². The van der Waals surface area contributed by atoms with E-state index in [-0.39, 0.29) is 12.5 Å². The number of piperidine rings is 1. The first-order chi connectivity index (χ1) is 10.9. The predicted octanol–water partition coefficient (Wildman–Crippen LogP) is 0.911. The second kappa shape index (κ2) is 7.74. The highest BCUT2D eigenvalue weighted by molar-refractivity contribution is 7.88. The number of aromatic nitrogens is 1. The van der Waals surface area contributed by atoms with Gasteiger partial charge in [0.15, 0.2) is 0 Å². The molecule has 0 saturated carbocycles. The number of nitrogens with zero attached hydrogens (tertiary/aromatic N) is 2. The van der Waals surface area contributed by atoms with Gasteiger partial charge in [0.1, 0.15) is 6.04 Å². The van der Waals surface area contributed by atoms with Gasteiger partial charge in [0, 0.05) is 24.8 Å². The van der Waals surface area contributed by atoms with Crippen molar-refractivity contribution >= 4 is 15.9 Å². The average Bonchev–Trinajstić information content (AvgIpc) is 2.53. The van der Waals surface area contributed by atoms with Crippen LogP contribution in [0.1, 0.15) is 31.7 Å². The third-order valence-electron chi connectivity index (χ3n) is 3.77. The van der Waals surface area contributed by atoms with Crippen LogP contribution in [0.3, 0.4) is 0 Å². The van der Waals surface area contributed by atoms with Crippen molar-refractivity contribution in [2.75, 3.05) is 19.4 Å². The monoisotopic (exact) mass is 341 g/mol. The topological polar surface area (TPSA) is 88.6 Å². The number of ether oxygens (including phenoxy) is 1. The largest absolute Gasteiger partial charge is 0.478 e. The third-order valence-corrected chi connectivity index (χ3v) is 5.06. The molecule has 1 atom stereocenters. The molecule has 0 aromatic carbocycles. The van der Waals surface area contributed by atoms with E-state index in [0.29, 0.717) is 25.5 Å². The van der Waals surface area contributed by atoms with Gasteiger partial charge in [-0.2, -0.15) is 4.31 Å². The zero-order valence-electron chi connectivity index (χ0n) is 13.5. The van der Waals surface area contributed by atoms with E-state index >= 15 is 0 Å². The molecular weight excluding hydrogens is 318 g/mol. The Morgan fingerprint density at radius 2 is 2.26 bits per heavy atom. The van der Waals surface area contributed by atoms with Crippen LogP contribution in [0.15, 0.2) is 18.3 Å². The smallest absolute Gasteiger partial charge is 0.238 e. The molecule has 1 aliphatic heterocycles. The van der Waals surface area contributed by atoms with Gasteiger partial charge in [-0.3, -0.25) is 4.79 Å². The highest BCUT2D eigenvalue weighted by atomic mass is 32.2. The Morgan fingerprint density at radius 3 is 2.96 bits per heavy atom. The average molecular weight is 341 g/mol. The summed E-state index contributed by atoms with van der Waals surface area (Å²) in [4.78, 5) is 16.6. The van der Waals surface area contributed by atoms with E-state index in [1.54, 1.807) is 12.3 Å². The molecule has 1 fully saturated rings. The van der Waals surface area contributed by atoms with Crippen molar-refractivity contribution in [1.29, 1.82) is 0 Å². The van der Waals surface area contributed by atoms with Crippen molar-refractivity contribution < 1.29 is 17.9 Å². The minimum Gasteiger partial charge on any atom is -0.478 e. The maximum absolute atomic E-state index is 12.4. The number of sulfonamides is 1. The zero-order chi connectivity index (χ0) is 16.9. The van der Waals surface area contributed by atoms with Crippen molar-refractivity contribution in [3.8, 4) is 5.88 Å². The molecule has 0 radical (unpaired) electrons. The summed E-state index contributed by atoms with van der Waals surface area (Å²) in [5.74, 6) is 0.209. The summed E-state index contributed by atoms with van der Waals surface area (Å²) in [6.07, 6.45) is 4.95. The molecule has 7 nitrogen and oxygen atoms in total. The normalized spacial score (nSPS) is 19.3. The number of hydrogen-bond donors (Lipinski definition) is 1. The molecule has 2 heterocycles. The van der Waals surface area contributed by atoms with Crippen molar-refractivity contribution in [2.24, 2.45) is 0 Å². The maximum Gasteiger partial charge on any atom is 0.238 e. The molecular formula is C15H23N3O4S. The Balaban J connectivity index is 2.04. The van der Waals surface area contributed by atoms with E-state index in [0.717, 1.165) is 24.7 Å². The van der Waals surface area contributed by atoms with Gasteiger partial charge in [0.25, 0.3) is 0 Å². The van der Waals surface area contributed by atoms with Gasteiger partial charge in [-0.15, -0.1) is 0 Å². The van der Waals surface area contributed by atoms with Crippen molar-refractivity contribution in [2.45, 2.75) is 38.8 Å². The molecule has 0 spiro atoms. The number of amides is 1. The number of carbonyl (C=O) groups is 1. The molecule has 2 rings (SSSR count). The van der Waals surface area contributed by atoms with E-state index in [1.807, 2.05) is 13.0 Å². The summed E-state index contributed by atoms with van der Waals surface area (Å²) in [6, 6.07) is 2.96. The number of rotatable bonds is 6. The second-order valence-corrected chi connectivity index (χ2v) is 7.44. The van der Waals surface area contributed by atoms with Gasteiger partial charge in [-0.25, -0.2) is 13.4 Å². The summed E-state index contributed by atoms with van der Waals surface area (Å²) in [5.41, 5.74) is 0.768. The van der Waals surface area contributed by atoms with Crippen LogP contribution in [0.2, 0.25) is 0 Å². The summed E-state index contributed by atoms with van der Waals surface area (Å²) in [5, 5.41) is 2.80. The van der Waals surface area contributed by atoms with Crippen LogP contribution in [0.4, 0.5) is 0 Å². The number of pyridine rings is 1. The minimum absolute atomic E-state index is 0.260. The molecule has 1 aromatic heterocycles. The Bertz CT molecular complexity index is 648. The Morgan fingerprint density at radius 1 is 1.48 bits per heavy atom. The van der Waals surface area contributed by atoms with E-state index in [1.165, 1.54) is 4.31 Å². The molecule has 0 unspecified atom stereocenters. The lowest BCUT2D eigenvalue weighted by molar-refractivity contribution is -0.125.